The molecule has 0 saturated carbocycles. The van der Waals surface area contributed by atoms with Gasteiger partial charge in [0.25, 0.3) is 0 Å². The summed E-state index contributed by atoms with van der Waals surface area (Å²) in [6.45, 7) is 1.13. The van der Waals surface area contributed by atoms with Crippen LogP contribution in [-0.2, 0) is 21.4 Å². The molecular weight excluding hydrogens is 304 g/mol. The number of carbonyl (C=O) groups is 1. The lowest BCUT2D eigenvalue weighted by Gasteiger charge is -2.35. The molecule has 7 heteroatoms. The summed E-state index contributed by atoms with van der Waals surface area (Å²) in [6.07, 6.45) is 2.10. The lowest BCUT2D eigenvalue weighted by Crippen LogP contribution is -2.47. The molecule has 1 saturated heterocycles. The maximum Gasteiger partial charge on any atom is 0.410 e. The summed E-state index contributed by atoms with van der Waals surface area (Å²) >= 11 is 0. The molecule has 122 valence electrons. The summed E-state index contributed by atoms with van der Waals surface area (Å²) in [4.78, 5) is 13.6. The van der Waals surface area contributed by atoms with E-state index in [1.54, 1.807) is 11.9 Å². The molecule has 0 spiro atoms. The first-order chi connectivity index (χ1) is 10.4. The molecule has 0 unspecified atom stereocenters. The second-order valence-electron chi connectivity index (χ2n) is 5.54. The Morgan fingerprint density at radius 3 is 2.41 bits per heavy atom. The van der Waals surface area contributed by atoms with E-state index in [-0.39, 0.29) is 18.7 Å². The van der Waals surface area contributed by atoms with Crippen molar-refractivity contribution in [3.05, 3.63) is 35.9 Å². The summed E-state index contributed by atoms with van der Waals surface area (Å²) in [5.41, 5.74) is 0.941. The Morgan fingerprint density at radius 1 is 1.27 bits per heavy atom. The number of amides is 1. The van der Waals surface area contributed by atoms with E-state index in [9.17, 15) is 13.2 Å². The zero-order chi connectivity index (χ0) is 16.2. The van der Waals surface area contributed by atoms with Gasteiger partial charge in [0.05, 0.1) is 6.26 Å². The number of piperidine rings is 1. The van der Waals surface area contributed by atoms with E-state index in [0.29, 0.717) is 25.9 Å². The standard InChI is InChI=1S/C15H22N2O4S/c1-16(14-8-10-17(11-9-14)22(2,19)20)15(18)21-12-13-6-4-3-5-7-13/h3-7,14H,8-12H2,1-2H3. The van der Waals surface area contributed by atoms with Crippen LogP contribution in [0.25, 0.3) is 0 Å². The quantitative estimate of drug-likeness (QED) is 0.844. The first kappa shape index (κ1) is 16.8. The Hall–Kier alpha value is -1.60. The van der Waals surface area contributed by atoms with Gasteiger partial charge in [-0.25, -0.2) is 17.5 Å². The SMILES string of the molecule is CN(C(=O)OCc1ccccc1)C1CCN(S(C)(=O)=O)CC1. The molecule has 1 amide bonds. The van der Waals surface area contributed by atoms with Gasteiger partial charge in [0.2, 0.25) is 10.0 Å². The number of nitrogens with zero attached hydrogens (tertiary/aromatic N) is 2. The van der Waals surface area contributed by atoms with Gasteiger partial charge in [0.15, 0.2) is 0 Å². The summed E-state index contributed by atoms with van der Waals surface area (Å²) in [5.74, 6) is 0. The molecule has 1 aliphatic heterocycles. The van der Waals surface area contributed by atoms with Crippen LogP contribution in [0.1, 0.15) is 18.4 Å². The summed E-state index contributed by atoms with van der Waals surface area (Å²) in [6, 6.07) is 9.52. The molecule has 0 radical (unpaired) electrons. The van der Waals surface area contributed by atoms with Crippen molar-refractivity contribution in [2.24, 2.45) is 0 Å². The second kappa shape index (κ2) is 7.11. The molecule has 0 aliphatic carbocycles. The summed E-state index contributed by atoms with van der Waals surface area (Å²) in [5, 5.41) is 0. The predicted molar refractivity (Wildman–Crippen MR) is 83.8 cm³/mol. The minimum absolute atomic E-state index is 0.0151. The van der Waals surface area contributed by atoms with Crippen molar-refractivity contribution in [2.75, 3.05) is 26.4 Å². The van der Waals surface area contributed by atoms with Crippen LogP contribution in [0.4, 0.5) is 4.79 Å². The number of benzene rings is 1. The fourth-order valence-corrected chi connectivity index (χ4v) is 3.41. The van der Waals surface area contributed by atoms with E-state index < -0.39 is 10.0 Å². The minimum Gasteiger partial charge on any atom is -0.445 e. The van der Waals surface area contributed by atoms with Gasteiger partial charge < -0.3 is 9.64 Å². The molecule has 0 aromatic heterocycles. The third-order valence-electron chi connectivity index (χ3n) is 3.93. The maximum atomic E-state index is 12.1. The van der Waals surface area contributed by atoms with Gasteiger partial charge in [0, 0.05) is 26.2 Å². The highest BCUT2D eigenvalue weighted by molar-refractivity contribution is 7.88. The van der Waals surface area contributed by atoms with E-state index in [1.165, 1.54) is 10.6 Å². The van der Waals surface area contributed by atoms with E-state index in [4.69, 9.17) is 4.74 Å². The van der Waals surface area contributed by atoms with E-state index in [1.807, 2.05) is 30.3 Å². The molecule has 1 heterocycles. The highest BCUT2D eigenvalue weighted by atomic mass is 32.2. The fourth-order valence-electron chi connectivity index (χ4n) is 2.53. The normalized spacial score (nSPS) is 17.2. The number of carbonyl (C=O) groups excluding carboxylic acids is 1. The summed E-state index contributed by atoms with van der Waals surface area (Å²) < 4.78 is 29.7. The average molecular weight is 326 g/mol. The van der Waals surface area contributed by atoms with Crippen LogP contribution in [-0.4, -0.2) is 56.2 Å². The lowest BCUT2D eigenvalue weighted by atomic mass is 10.1. The molecule has 0 N–H and O–H groups in total. The Balaban J connectivity index is 1.82. The Labute approximate surface area is 131 Å². The van der Waals surface area contributed by atoms with E-state index in [2.05, 4.69) is 0 Å². The van der Waals surface area contributed by atoms with Gasteiger partial charge in [-0.2, -0.15) is 0 Å². The number of hydrogen-bond donors (Lipinski definition) is 0. The van der Waals surface area contributed by atoms with Crippen molar-refractivity contribution in [1.29, 1.82) is 0 Å². The van der Waals surface area contributed by atoms with Crippen LogP contribution < -0.4 is 0 Å². The number of hydrogen-bond acceptors (Lipinski definition) is 4. The van der Waals surface area contributed by atoms with Crippen molar-refractivity contribution < 1.29 is 17.9 Å². The van der Waals surface area contributed by atoms with Crippen molar-refractivity contribution in [3.8, 4) is 0 Å². The van der Waals surface area contributed by atoms with E-state index in [0.717, 1.165) is 5.56 Å². The summed E-state index contributed by atoms with van der Waals surface area (Å²) in [7, 11) is -1.44. The Kier molecular flexibility index (Phi) is 5.42. The molecule has 6 nitrogen and oxygen atoms in total. The van der Waals surface area contributed by atoms with Crippen molar-refractivity contribution in [1.82, 2.24) is 9.21 Å². The predicted octanol–water partition coefficient (Wildman–Crippen LogP) is 1.68. The molecule has 2 rings (SSSR count). The van der Waals surface area contributed by atoms with Gasteiger partial charge >= 0.3 is 6.09 Å². The van der Waals surface area contributed by atoms with Gasteiger partial charge in [-0.1, -0.05) is 30.3 Å². The third kappa shape index (κ3) is 4.45. The third-order valence-corrected chi connectivity index (χ3v) is 5.24. The Bertz CT molecular complexity index is 595. The van der Waals surface area contributed by atoms with Crippen LogP contribution >= 0.6 is 0 Å². The minimum atomic E-state index is -3.14. The van der Waals surface area contributed by atoms with Crippen LogP contribution in [0.5, 0.6) is 0 Å². The Morgan fingerprint density at radius 2 is 1.86 bits per heavy atom. The van der Waals surface area contributed by atoms with Crippen molar-refractivity contribution in [3.63, 3.8) is 0 Å². The van der Waals surface area contributed by atoms with Gasteiger partial charge in [-0.05, 0) is 18.4 Å². The highest BCUT2D eigenvalue weighted by Crippen LogP contribution is 2.18. The molecule has 0 bridgehead atoms. The highest BCUT2D eigenvalue weighted by Gasteiger charge is 2.29. The molecular formula is C15H22N2O4S. The monoisotopic (exact) mass is 326 g/mol. The topological polar surface area (TPSA) is 66.9 Å². The van der Waals surface area contributed by atoms with E-state index >= 15 is 0 Å². The first-order valence-electron chi connectivity index (χ1n) is 7.26. The lowest BCUT2D eigenvalue weighted by molar-refractivity contribution is 0.0805. The zero-order valence-corrected chi connectivity index (χ0v) is 13.8. The van der Waals surface area contributed by atoms with Crippen LogP contribution in [0, 0.1) is 0 Å². The zero-order valence-electron chi connectivity index (χ0n) is 12.9. The number of ether oxygens (including phenoxy) is 1. The molecule has 1 aromatic rings. The van der Waals surface area contributed by atoms with Gasteiger partial charge in [-0.3, -0.25) is 0 Å². The second-order valence-corrected chi connectivity index (χ2v) is 7.53. The molecule has 1 fully saturated rings. The smallest absolute Gasteiger partial charge is 0.410 e. The molecule has 0 atom stereocenters. The van der Waals surface area contributed by atoms with Crippen molar-refractivity contribution >= 4 is 16.1 Å². The van der Waals surface area contributed by atoms with Crippen LogP contribution in [0.3, 0.4) is 0 Å². The largest absolute Gasteiger partial charge is 0.445 e. The van der Waals surface area contributed by atoms with Gasteiger partial charge in [-0.15, -0.1) is 0 Å². The number of rotatable bonds is 4. The average Bonchev–Trinajstić information content (AvgIpc) is 2.52. The van der Waals surface area contributed by atoms with Gasteiger partial charge in [0.1, 0.15) is 6.61 Å². The first-order valence-corrected chi connectivity index (χ1v) is 9.11. The molecule has 1 aromatic carbocycles. The number of sulfonamides is 1. The fraction of sp³-hybridized carbons (Fsp3) is 0.533. The molecule has 22 heavy (non-hydrogen) atoms. The maximum absolute atomic E-state index is 12.1. The van der Waals surface area contributed by atoms with Crippen molar-refractivity contribution in [2.45, 2.75) is 25.5 Å². The molecule has 1 aliphatic rings. The van der Waals surface area contributed by atoms with Crippen LogP contribution in [0.2, 0.25) is 0 Å². The van der Waals surface area contributed by atoms with Crippen LogP contribution in [0.15, 0.2) is 30.3 Å².